The van der Waals surface area contributed by atoms with Gasteiger partial charge in [-0.15, -0.1) is 0 Å². The van der Waals surface area contributed by atoms with Crippen LogP contribution in [0.3, 0.4) is 0 Å². The molecule has 102 valence electrons. The molecule has 18 heavy (non-hydrogen) atoms. The molecule has 2 aliphatic rings. The van der Waals surface area contributed by atoms with Crippen LogP contribution in [0.2, 0.25) is 0 Å². The Morgan fingerprint density at radius 1 is 1.44 bits per heavy atom. The fourth-order valence-corrected chi connectivity index (χ4v) is 3.88. The minimum Gasteiger partial charge on any atom is -0.392 e. The van der Waals surface area contributed by atoms with E-state index in [-0.39, 0.29) is 23.4 Å². The van der Waals surface area contributed by atoms with E-state index in [9.17, 15) is 15.0 Å². The predicted molar refractivity (Wildman–Crippen MR) is 70.0 cm³/mol. The molecule has 0 aromatic rings. The van der Waals surface area contributed by atoms with Crippen LogP contribution in [0, 0.1) is 16.7 Å². The van der Waals surface area contributed by atoms with Crippen LogP contribution in [0.25, 0.3) is 0 Å². The Morgan fingerprint density at radius 2 is 2.11 bits per heavy atom. The van der Waals surface area contributed by atoms with Gasteiger partial charge >= 0.3 is 0 Å². The maximum absolute atomic E-state index is 12.1. The van der Waals surface area contributed by atoms with E-state index in [1.807, 2.05) is 13.0 Å². The number of rotatable bonds is 1. The monoisotopic (exact) mass is 252 g/mol. The van der Waals surface area contributed by atoms with Gasteiger partial charge in [0, 0.05) is 12.3 Å². The summed E-state index contributed by atoms with van der Waals surface area (Å²) in [5.41, 5.74) is 0.612. The molecule has 3 heteroatoms. The van der Waals surface area contributed by atoms with Crippen molar-refractivity contribution in [2.24, 2.45) is 16.7 Å². The number of carbonyl (C=O) groups is 1. The van der Waals surface area contributed by atoms with Gasteiger partial charge in [0.25, 0.3) is 0 Å². The molecule has 2 N–H and O–H groups in total. The van der Waals surface area contributed by atoms with Crippen LogP contribution in [0.1, 0.15) is 46.5 Å². The van der Waals surface area contributed by atoms with Crippen LogP contribution in [-0.2, 0) is 4.79 Å². The van der Waals surface area contributed by atoms with Gasteiger partial charge < -0.3 is 10.2 Å². The molecule has 1 spiro atoms. The molecule has 0 radical (unpaired) electrons. The highest BCUT2D eigenvalue weighted by Gasteiger charge is 2.55. The molecule has 2 rings (SSSR count). The lowest BCUT2D eigenvalue weighted by Gasteiger charge is -2.55. The average Bonchev–Trinajstić information content (AvgIpc) is 2.33. The van der Waals surface area contributed by atoms with Crippen molar-refractivity contribution in [2.45, 2.75) is 52.6 Å². The summed E-state index contributed by atoms with van der Waals surface area (Å²) in [7, 11) is 0. The quantitative estimate of drug-likeness (QED) is 0.702. The van der Waals surface area contributed by atoms with E-state index in [1.165, 1.54) is 0 Å². The summed E-state index contributed by atoms with van der Waals surface area (Å²) in [4.78, 5) is 12.1. The van der Waals surface area contributed by atoms with Gasteiger partial charge in [0.2, 0.25) is 0 Å². The summed E-state index contributed by atoms with van der Waals surface area (Å²) in [5, 5.41) is 19.4. The van der Waals surface area contributed by atoms with E-state index in [0.29, 0.717) is 24.2 Å². The Morgan fingerprint density at radius 3 is 2.67 bits per heavy atom. The lowest BCUT2D eigenvalue weighted by Crippen LogP contribution is -2.52. The average molecular weight is 252 g/mol. The number of allylic oxidation sites excluding steroid dienone is 1. The Labute approximate surface area is 109 Å². The second kappa shape index (κ2) is 4.46. The van der Waals surface area contributed by atoms with Gasteiger partial charge in [0.15, 0.2) is 0 Å². The molecule has 0 amide bonds. The molecule has 0 aromatic heterocycles. The van der Waals surface area contributed by atoms with Gasteiger partial charge in [-0.2, -0.15) is 0 Å². The number of Topliss-reactive ketones (excluding diaryl/α,β-unsaturated/α-hetero) is 1. The van der Waals surface area contributed by atoms with E-state index >= 15 is 0 Å². The number of aliphatic hydroxyl groups excluding tert-OH is 2. The zero-order valence-corrected chi connectivity index (χ0v) is 11.6. The number of hydrogen-bond acceptors (Lipinski definition) is 3. The van der Waals surface area contributed by atoms with Crippen molar-refractivity contribution in [1.29, 1.82) is 0 Å². The number of carbonyl (C=O) groups excluding carboxylic acids is 1. The zero-order valence-electron chi connectivity index (χ0n) is 11.6. The highest BCUT2D eigenvalue weighted by molar-refractivity contribution is 5.82. The lowest BCUT2D eigenvalue weighted by atomic mass is 9.48. The van der Waals surface area contributed by atoms with Gasteiger partial charge in [-0.1, -0.05) is 26.8 Å². The second-order valence-electron chi connectivity index (χ2n) is 6.59. The Balaban J connectivity index is 2.39. The minimum absolute atomic E-state index is 0.00704. The number of aliphatic hydroxyl groups is 2. The molecule has 0 bridgehead atoms. The molecule has 1 saturated carbocycles. The Hall–Kier alpha value is -0.670. The maximum atomic E-state index is 12.1. The van der Waals surface area contributed by atoms with Crippen LogP contribution in [0.15, 0.2) is 11.6 Å². The van der Waals surface area contributed by atoms with Crippen molar-refractivity contribution >= 4 is 5.78 Å². The molecule has 0 heterocycles. The van der Waals surface area contributed by atoms with Crippen molar-refractivity contribution in [3.8, 4) is 0 Å². The van der Waals surface area contributed by atoms with Crippen molar-refractivity contribution in [1.82, 2.24) is 0 Å². The lowest BCUT2D eigenvalue weighted by molar-refractivity contribution is -0.142. The van der Waals surface area contributed by atoms with Gasteiger partial charge in [-0.25, -0.2) is 0 Å². The predicted octanol–water partition coefficient (Wildman–Crippen LogP) is 2.07. The molecule has 1 fully saturated rings. The summed E-state index contributed by atoms with van der Waals surface area (Å²) in [6.45, 7) is 6.34. The van der Waals surface area contributed by atoms with E-state index in [0.717, 1.165) is 12.8 Å². The third kappa shape index (κ3) is 1.84. The molecule has 0 saturated heterocycles. The van der Waals surface area contributed by atoms with Crippen molar-refractivity contribution in [2.75, 3.05) is 6.61 Å². The molecule has 2 aliphatic carbocycles. The fraction of sp³-hybridized carbons (Fsp3) is 0.800. The number of hydrogen-bond donors (Lipinski definition) is 2. The molecule has 3 atom stereocenters. The maximum Gasteiger partial charge on any atom is 0.136 e. The Kier molecular flexibility index (Phi) is 3.41. The summed E-state index contributed by atoms with van der Waals surface area (Å²) < 4.78 is 0. The van der Waals surface area contributed by atoms with Crippen LogP contribution in [0.4, 0.5) is 0 Å². The first-order valence-corrected chi connectivity index (χ1v) is 6.84. The standard InChI is InChI=1S/C15H24O3/c1-10-12(17)5-6-14(2,3)15(10)7-4-11(9-16)13(18)8-15/h4,10,13,16,18H,5-9H2,1-3H3/t10-,13+,15+/m1/s1. The van der Waals surface area contributed by atoms with Crippen LogP contribution in [-0.4, -0.2) is 28.7 Å². The molecular formula is C15H24O3. The third-order valence-corrected chi connectivity index (χ3v) is 5.55. The first-order chi connectivity index (χ1) is 8.34. The summed E-state index contributed by atoms with van der Waals surface area (Å²) in [6, 6.07) is 0. The topological polar surface area (TPSA) is 57.5 Å². The van der Waals surface area contributed by atoms with Gasteiger partial charge in [-0.05, 0) is 35.7 Å². The van der Waals surface area contributed by atoms with E-state index in [4.69, 9.17) is 0 Å². The summed E-state index contributed by atoms with van der Waals surface area (Å²) in [5.74, 6) is 0.315. The minimum atomic E-state index is -0.601. The first kappa shape index (κ1) is 13.8. The first-order valence-electron chi connectivity index (χ1n) is 6.84. The SMILES string of the molecule is C[C@@H]1C(=O)CCC(C)(C)[C@]12CC=C(CO)[C@@H](O)C2. The van der Waals surface area contributed by atoms with E-state index in [2.05, 4.69) is 13.8 Å². The van der Waals surface area contributed by atoms with E-state index in [1.54, 1.807) is 0 Å². The van der Waals surface area contributed by atoms with Crippen molar-refractivity contribution < 1.29 is 15.0 Å². The van der Waals surface area contributed by atoms with Gasteiger partial charge in [-0.3, -0.25) is 4.79 Å². The zero-order chi connectivity index (χ0) is 13.6. The van der Waals surface area contributed by atoms with Crippen LogP contribution < -0.4 is 0 Å². The van der Waals surface area contributed by atoms with E-state index < -0.39 is 6.10 Å². The van der Waals surface area contributed by atoms with Crippen molar-refractivity contribution in [3.05, 3.63) is 11.6 Å². The molecule has 0 unspecified atom stereocenters. The van der Waals surface area contributed by atoms with Crippen LogP contribution >= 0.6 is 0 Å². The highest BCUT2D eigenvalue weighted by atomic mass is 16.3. The Bertz CT molecular complexity index is 383. The molecular weight excluding hydrogens is 228 g/mol. The van der Waals surface area contributed by atoms with Crippen LogP contribution in [0.5, 0.6) is 0 Å². The normalized spacial score (nSPS) is 39.8. The smallest absolute Gasteiger partial charge is 0.136 e. The largest absolute Gasteiger partial charge is 0.392 e. The summed E-state index contributed by atoms with van der Waals surface area (Å²) in [6.07, 6.45) is 4.29. The van der Waals surface area contributed by atoms with Crippen molar-refractivity contribution in [3.63, 3.8) is 0 Å². The fourth-order valence-electron chi connectivity index (χ4n) is 3.88. The molecule has 0 aliphatic heterocycles. The van der Waals surface area contributed by atoms with Gasteiger partial charge in [0.05, 0.1) is 12.7 Å². The number of ketones is 1. The third-order valence-electron chi connectivity index (χ3n) is 5.55. The second-order valence-corrected chi connectivity index (χ2v) is 6.59. The highest BCUT2D eigenvalue weighted by Crippen LogP contribution is 2.58. The summed E-state index contributed by atoms with van der Waals surface area (Å²) >= 11 is 0. The van der Waals surface area contributed by atoms with Gasteiger partial charge in [0.1, 0.15) is 5.78 Å². The molecule has 3 nitrogen and oxygen atoms in total. The molecule has 0 aromatic carbocycles.